The molecule has 1 aromatic heterocycles. The molecule has 0 aliphatic rings. The molecule has 0 saturated heterocycles. The van der Waals surface area contributed by atoms with E-state index >= 15 is 0 Å². The molecule has 5 heteroatoms. The van der Waals surface area contributed by atoms with Gasteiger partial charge in [-0.1, -0.05) is 0 Å². The van der Waals surface area contributed by atoms with Gasteiger partial charge in [-0.3, -0.25) is 4.79 Å². The lowest BCUT2D eigenvalue weighted by atomic mass is 10.2. The van der Waals surface area contributed by atoms with Crippen LogP contribution >= 0.6 is 15.9 Å². The van der Waals surface area contributed by atoms with Gasteiger partial charge in [0.05, 0.1) is 19.6 Å². The van der Waals surface area contributed by atoms with Gasteiger partial charge in [-0.25, -0.2) is 0 Å². The van der Waals surface area contributed by atoms with E-state index in [9.17, 15) is 4.79 Å². The maximum absolute atomic E-state index is 10.8. The summed E-state index contributed by atoms with van der Waals surface area (Å²) in [5.41, 5.74) is 5.67. The summed E-state index contributed by atoms with van der Waals surface area (Å²) in [7, 11) is 1.33. The Bertz CT molecular complexity index is 297. The molecule has 0 spiro atoms. The molecular weight excluding hydrogens is 238 g/mol. The smallest absolute Gasteiger partial charge is 0.307 e. The van der Waals surface area contributed by atoms with E-state index in [4.69, 9.17) is 10.2 Å². The van der Waals surface area contributed by atoms with Crippen LogP contribution in [0.1, 0.15) is 18.2 Å². The van der Waals surface area contributed by atoms with E-state index in [0.29, 0.717) is 10.4 Å². The first-order valence-corrected chi connectivity index (χ1v) is 4.50. The minimum absolute atomic E-state index is 0.121. The van der Waals surface area contributed by atoms with Crippen molar-refractivity contribution in [1.82, 2.24) is 0 Å². The summed E-state index contributed by atoms with van der Waals surface area (Å²) in [6.07, 6.45) is 0.121. The van der Waals surface area contributed by atoms with Crippen LogP contribution in [-0.4, -0.2) is 13.1 Å². The number of nitrogens with two attached hydrogens (primary N) is 1. The third kappa shape index (κ3) is 2.86. The van der Waals surface area contributed by atoms with Gasteiger partial charge in [0.1, 0.15) is 5.76 Å². The van der Waals surface area contributed by atoms with Crippen LogP contribution in [-0.2, 0) is 9.53 Å². The molecule has 4 nitrogen and oxygen atoms in total. The zero-order valence-corrected chi connectivity index (χ0v) is 8.71. The Morgan fingerprint density at radius 3 is 2.92 bits per heavy atom. The lowest BCUT2D eigenvalue weighted by molar-refractivity contribution is -0.141. The highest BCUT2D eigenvalue weighted by atomic mass is 79.9. The Balaban J connectivity index is 2.58. The van der Waals surface area contributed by atoms with Crippen molar-refractivity contribution in [3.63, 3.8) is 0 Å². The Hall–Kier alpha value is -0.810. The predicted octanol–water partition coefficient (Wildman–Crippen LogP) is 1.60. The molecule has 0 fully saturated rings. The van der Waals surface area contributed by atoms with Crippen molar-refractivity contribution in [3.05, 3.63) is 22.6 Å². The molecule has 2 N–H and O–H groups in total. The van der Waals surface area contributed by atoms with E-state index in [1.165, 1.54) is 7.11 Å². The second-order valence-electron chi connectivity index (χ2n) is 2.53. The molecule has 13 heavy (non-hydrogen) atoms. The average molecular weight is 248 g/mol. The van der Waals surface area contributed by atoms with Gasteiger partial charge in [0.2, 0.25) is 0 Å². The van der Waals surface area contributed by atoms with Crippen molar-refractivity contribution in [2.75, 3.05) is 7.11 Å². The van der Waals surface area contributed by atoms with Crippen molar-refractivity contribution in [3.8, 4) is 0 Å². The molecule has 1 rings (SSSR count). The van der Waals surface area contributed by atoms with Crippen molar-refractivity contribution in [2.45, 2.75) is 12.5 Å². The number of halogens is 1. The van der Waals surface area contributed by atoms with Crippen molar-refractivity contribution < 1.29 is 13.9 Å². The van der Waals surface area contributed by atoms with Gasteiger partial charge in [-0.2, -0.15) is 0 Å². The lowest BCUT2D eigenvalue weighted by Crippen LogP contribution is -2.15. The van der Waals surface area contributed by atoms with Crippen LogP contribution in [0.3, 0.4) is 0 Å². The summed E-state index contributed by atoms with van der Waals surface area (Å²) in [4.78, 5) is 10.8. The van der Waals surface area contributed by atoms with Crippen LogP contribution in [0.15, 0.2) is 21.2 Å². The molecule has 0 radical (unpaired) electrons. The topological polar surface area (TPSA) is 65.5 Å². The number of rotatable bonds is 3. The Morgan fingerprint density at radius 2 is 2.46 bits per heavy atom. The van der Waals surface area contributed by atoms with E-state index < -0.39 is 6.04 Å². The molecular formula is C8H10BrNO3. The number of methoxy groups -OCH3 is 1. The first-order valence-electron chi connectivity index (χ1n) is 3.71. The summed E-state index contributed by atoms with van der Waals surface area (Å²) >= 11 is 3.15. The predicted molar refractivity (Wildman–Crippen MR) is 50.0 cm³/mol. The molecule has 0 aromatic carbocycles. The average Bonchev–Trinajstić information content (AvgIpc) is 2.51. The van der Waals surface area contributed by atoms with Crippen molar-refractivity contribution >= 4 is 21.9 Å². The zero-order chi connectivity index (χ0) is 9.84. The summed E-state index contributed by atoms with van der Waals surface area (Å²) < 4.78 is 10.3. The molecule has 0 amide bonds. The number of carbonyl (C=O) groups excluding carboxylic acids is 1. The number of carbonyl (C=O) groups is 1. The van der Waals surface area contributed by atoms with E-state index in [2.05, 4.69) is 20.7 Å². The number of furan rings is 1. The number of esters is 1. The Kier molecular flexibility index (Phi) is 3.50. The fraction of sp³-hybridized carbons (Fsp3) is 0.375. The van der Waals surface area contributed by atoms with Crippen LogP contribution < -0.4 is 5.73 Å². The van der Waals surface area contributed by atoms with Gasteiger partial charge in [0.15, 0.2) is 4.67 Å². The third-order valence-electron chi connectivity index (χ3n) is 1.57. The fourth-order valence-electron chi connectivity index (χ4n) is 0.891. The lowest BCUT2D eigenvalue weighted by Gasteiger charge is -2.05. The molecule has 0 saturated carbocycles. The highest BCUT2D eigenvalue weighted by Gasteiger charge is 2.14. The van der Waals surface area contributed by atoms with Crippen LogP contribution in [0.5, 0.6) is 0 Å². The second-order valence-corrected chi connectivity index (χ2v) is 3.31. The van der Waals surface area contributed by atoms with Crippen molar-refractivity contribution in [1.29, 1.82) is 0 Å². The summed E-state index contributed by atoms with van der Waals surface area (Å²) in [5.74, 6) is 0.220. The maximum atomic E-state index is 10.8. The van der Waals surface area contributed by atoms with Gasteiger partial charge < -0.3 is 14.9 Å². The summed E-state index contributed by atoms with van der Waals surface area (Å²) in [5, 5.41) is 0. The van der Waals surface area contributed by atoms with E-state index in [0.717, 1.165) is 0 Å². The highest BCUT2D eigenvalue weighted by molar-refractivity contribution is 9.10. The minimum atomic E-state index is -0.446. The molecule has 0 aliphatic carbocycles. The molecule has 1 heterocycles. The highest BCUT2D eigenvalue weighted by Crippen LogP contribution is 2.20. The molecule has 72 valence electrons. The van der Waals surface area contributed by atoms with E-state index in [-0.39, 0.29) is 12.4 Å². The van der Waals surface area contributed by atoms with E-state index in [1.54, 1.807) is 12.1 Å². The standard InChI is InChI=1S/C8H10BrNO3/c1-12-8(11)4-5(10)6-2-3-7(9)13-6/h2-3,5H,4,10H2,1H3/t5-/m1/s1. The van der Waals surface area contributed by atoms with Crippen LogP contribution in [0, 0.1) is 0 Å². The van der Waals surface area contributed by atoms with Gasteiger partial charge >= 0.3 is 5.97 Å². The number of hydrogen-bond acceptors (Lipinski definition) is 4. The van der Waals surface area contributed by atoms with Gasteiger partial charge in [0.25, 0.3) is 0 Å². The van der Waals surface area contributed by atoms with Crippen LogP contribution in [0.4, 0.5) is 0 Å². The normalized spacial score (nSPS) is 12.5. The molecule has 0 aliphatic heterocycles. The van der Waals surface area contributed by atoms with E-state index in [1.807, 2.05) is 0 Å². The van der Waals surface area contributed by atoms with Gasteiger partial charge in [0, 0.05) is 0 Å². The number of hydrogen-bond donors (Lipinski definition) is 1. The van der Waals surface area contributed by atoms with Crippen LogP contribution in [0.2, 0.25) is 0 Å². The Morgan fingerprint density at radius 1 is 1.77 bits per heavy atom. The fourth-order valence-corrected chi connectivity index (χ4v) is 1.21. The molecule has 0 unspecified atom stereocenters. The largest absolute Gasteiger partial charge is 0.469 e. The summed E-state index contributed by atoms with van der Waals surface area (Å²) in [6, 6.07) is 3.00. The number of ether oxygens (including phenoxy) is 1. The quantitative estimate of drug-likeness (QED) is 0.825. The third-order valence-corrected chi connectivity index (χ3v) is 2.00. The maximum Gasteiger partial charge on any atom is 0.307 e. The minimum Gasteiger partial charge on any atom is -0.469 e. The molecule has 1 atom stereocenters. The first kappa shape index (κ1) is 10.3. The second kappa shape index (κ2) is 4.43. The zero-order valence-electron chi connectivity index (χ0n) is 7.12. The Labute approximate surface area is 84.2 Å². The molecule has 1 aromatic rings. The van der Waals surface area contributed by atoms with Crippen LogP contribution in [0.25, 0.3) is 0 Å². The monoisotopic (exact) mass is 247 g/mol. The SMILES string of the molecule is COC(=O)C[C@@H](N)c1ccc(Br)o1. The summed E-state index contributed by atoms with van der Waals surface area (Å²) in [6.45, 7) is 0. The molecule has 0 bridgehead atoms. The van der Waals surface area contributed by atoms with Gasteiger partial charge in [-0.15, -0.1) is 0 Å². The first-order chi connectivity index (χ1) is 6.13. The van der Waals surface area contributed by atoms with Gasteiger partial charge in [-0.05, 0) is 28.1 Å². The van der Waals surface area contributed by atoms with Crippen molar-refractivity contribution in [2.24, 2.45) is 5.73 Å².